The molecule has 3 rings (SSSR count). The second-order valence-electron chi connectivity index (χ2n) is 4.66. The summed E-state index contributed by atoms with van der Waals surface area (Å²) in [4.78, 5) is 1.31. The third kappa shape index (κ3) is 2.31. The molecule has 7 nitrogen and oxygen atoms in total. The largest absolute Gasteiger partial charge is 0.505 e. The predicted molar refractivity (Wildman–Crippen MR) is 79.6 cm³/mol. The number of aromatic nitrogens is 3. The summed E-state index contributed by atoms with van der Waals surface area (Å²) in [5.74, 6) is 1.08. The Morgan fingerprint density at radius 1 is 1.00 bits per heavy atom. The Labute approximate surface area is 126 Å². The first-order chi connectivity index (χ1) is 10.7. The highest BCUT2D eigenvalue weighted by Gasteiger charge is 2.15. The first-order valence-corrected chi connectivity index (χ1v) is 6.58. The van der Waals surface area contributed by atoms with E-state index in [1.54, 1.807) is 37.4 Å². The Kier molecular flexibility index (Phi) is 3.56. The van der Waals surface area contributed by atoms with Gasteiger partial charge >= 0.3 is 0 Å². The average molecular weight is 301 g/mol. The molecule has 0 aliphatic rings. The number of aromatic hydroxyl groups is 1. The van der Waals surface area contributed by atoms with Gasteiger partial charge in [-0.15, -0.1) is 15.0 Å². The van der Waals surface area contributed by atoms with Crippen molar-refractivity contribution in [2.75, 3.05) is 14.2 Å². The molecule has 2 N–H and O–H groups in total. The number of phenols is 1. The lowest BCUT2D eigenvalue weighted by atomic mass is 10.1. The van der Waals surface area contributed by atoms with Crippen LogP contribution in [-0.4, -0.2) is 39.4 Å². The Bertz CT molecular complexity index is 829. The second-order valence-corrected chi connectivity index (χ2v) is 4.66. The first kappa shape index (κ1) is 14.2. The van der Waals surface area contributed by atoms with Crippen molar-refractivity contribution in [2.45, 2.75) is 6.61 Å². The molecular formula is C15H15N3O4. The number of aliphatic hydroxyl groups excluding tert-OH is 1. The Morgan fingerprint density at radius 2 is 1.73 bits per heavy atom. The van der Waals surface area contributed by atoms with Crippen molar-refractivity contribution in [1.29, 1.82) is 0 Å². The molecule has 0 radical (unpaired) electrons. The van der Waals surface area contributed by atoms with Crippen molar-refractivity contribution in [3.05, 3.63) is 35.9 Å². The third-order valence-electron chi connectivity index (χ3n) is 3.35. The van der Waals surface area contributed by atoms with Gasteiger partial charge in [-0.1, -0.05) is 0 Å². The van der Waals surface area contributed by atoms with E-state index in [1.807, 2.05) is 0 Å². The van der Waals surface area contributed by atoms with E-state index >= 15 is 0 Å². The van der Waals surface area contributed by atoms with Gasteiger partial charge in [-0.25, -0.2) is 0 Å². The minimum Gasteiger partial charge on any atom is -0.505 e. The minimum atomic E-state index is -0.315. The summed E-state index contributed by atoms with van der Waals surface area (Å²) in [7, 11) is 3.09. The van der Waals surface area contributed by atoms with Crippen molar-refractivity contribution < 1.29 is 19.7 Å². The first-order valence-electron chi connectivity index (χ1n) is 6.58. The number of nitrogens with zero attached hydrogens (tertiary/aromatic N) is 3. The fourth-order valence-electron chi connectivity index (χ4n) is 2.17. The molecule has 0 amide bonds. The summed E-state index contributed by atoms with van der Waals surface area (Å²) >= 11 is 0. The van der Waals surface area contributed by atoms with E-state index in [0.29, 0.717) is 33.8 Å². The molecule has 114 valence electrons. The van der Waals surface area contributed by atoms with Gasteiger partial charge in [0.25, 0.3) is 0 Å². The van der Waals surface area contributed by atoms with Crippen molar-refractivity contribution in [3.63, 3.8) is 0 Å². The maximum Gasteiger partial charge on any atom is 0.148 e. The van der Waals surface area contributed by atoms with Crippen LogP contribution < -0.4 is 9.47 Å². The summed E-state index contributed by atoms with van der Waals surface area (Å²) in [6, 6.07) is 8.48. The van der Waals surface area contributed by atoms with Gasteiger partial charge in [-0.2, -0.15) is 0 Å². The van der Waals surface area contributed by atoms with Gasteiger partial charge in [0, 0.05) is 17.7 Å². The van der Waals surface area contributed by atoms with E-state index in [4.69, 9.17) is 9.47 Å². The number of hydrogen-bond acceptors (Lipinski definition) is 6. The molecular weight excluding hydrogens is 286 g/mol. The number of hydrogen-bond donors (Lipinski definition) is 2. The standard InChI is InChI=1S/C15H15N3O4/c1-21-10-3-4-12-13(6-10)17-18(16-12)14-7-11(22-2)5-9(8-19)15(14)20/h3-7,19-20H,8H2,1-2H3. The van der Waals surface area contributed by atoms with Crippen molar-refractivity contribution in [3.8, 4) is 22.9 Å². The molecule has 1 aromatic heterocycles. The number of benzene rings is 2. The van der Waals surface area contributed by atoms with Crippen LogP contribution in [0, 0.1) is 0 Å². The fourth-order valence-corrected chi connectivity index (χ4v) is 2.17. The maximum atomic E-state index is 10.2. The molecule has 0 saturated heterocycles. The fraction of sp³-hybridized carbons (Fsp3) is 0.200. The van der Waals surface area contributed by atoms with E-state index in [2.05, 4.69) is 10.2 Å². The normalized spacial score (nSPS) is 10.9. The molecule has 22 heavy (non-hydrogen) atoms. The van der Waals surface area contributed by atoms with Crippen LogP contribution in [0.4, 0.5) is 0 Å². The molecule has 0 unspecified atom stereocenters. The molecule has 0 saturated carbocycles. The topological polar surface area (TPSA) is 89.6 Å². The number of rotatable bonds is 4. The van der Waals surface area contributed by atoms with Gasteiger partial charge in [-0.3, -0.25) is 0 Å². The quantitative estimate of drug-likeness (QED) is 0.761. The highest BCUT2D eigenvalue weighted by Crippen LogP contribution is 2.31. The van der Waals surface area contributed by atoms with Gasteiger partial charge < -0.3 is 19.7 Å². The number of ether oxygens (including phenoxy) is 2. The van der Waals surface area contributed by atoms with Crippen molar-refractivity contribution >= 4 is 11.0 Å². The number of aliphatic hydroxyl groups is 1. The minimum absolute atomic E-state index is 0.0874. The monoisotopic (exact) mass is 301 g/mol. The molecule has 1 heterocycles. The molecule has 0 atom stereocenters. The van der Waals surface area contributed by atoms with E-state index in [-0.39, 0.29) is 12.4 Å². The van der Waals surface area contributed by atoms with E-state index in [1.165, 1.54) is 11.9 Å². The van der Waals surface area contributed by atoms with Gasteiger partial charge in [0.2, 0.25) is 0 Å². The van der Waals surface area contributed by atoms with Crippen LogP contribution in [0.15, 0.2) is 30.3 Å². The molecule has 2 aromatic carbocycles. The molecule has 0 aliphatic heterocycles. The Balaban J connectivity index is 2.18. The van der Waals surface area contributed by atoms with E-state index in [0.717, 1.165) is 0 Å². The summed E-state index contributed by atoms with van der Waals surface area (Å²) in [6.07, 6.45) is 0. The number of fused-ring (bicyclic) bond motifs is 1. The zero-order valence-corrected chi connectivity index (χ0v) is 12.1. The van der Waals surface area contributed by atoms with Crippen LogP contribution in [0.3, 0.4) is 0 Å². The van der Waals surface area contributed by atoms with E-state index < -0.39 is 0 Å². The predicted octanol–water partition coefficient (Wildman–Crippen LogP) is 1.64. The maximum absolute atomic E-state index is 10.2. The Morgan fingerprint density at radius 3 is 2.41 bits per heavy atom. The van der Waals surface area contributed by atoms with Crippen molar-refractivity contribution in [2.24, 2.45) is 0 Å². The van der Waals surface area contributed by atoms with Crippen LogP contribution in [0.25, 0.3) is 16.7 Å². The lowest BCUT2D eigenvalue weighted by molar-refractivity contribution is 0.274. The molecule has 0 fully saturated rings. The van der Waals surface area contributed by atoms with Crippen LogP contribution in [0.1, 0.15) is 5.56 Å². The summed E-state index contributed by atoms with van der Waals surface area (Å²) in [5, 5.41) is 28.2. The number of methoxy groups -OCH3 is 2. The summed E-state index contributed by atoms with van der Waals surface area (Å²) in [5.41, 5.74) is 1.97. The zero-order valence-electron chi connectivity index (χ0n) is 12.1. The molecule has 0 spiro atoms. The van der Waals surface area contributed by atoms with Crippen LogP contribution in [0.2, 0.25) is 0 Å². The van der Waals surface area contributed by atoms with Gasteiger partial charge in [0.1, 0.15) is 34.0 Å². The van der Waals surface area contributed by atoms with Gasteiger partial charge in [-0.05, 0) is 18.2 Å². The molecule has 0 bridgehead atoms. The van der Waals surface area contributed by atoms with Crippen LogP contribution in [-0.2, 0) is 6.61 Å². The lowest BCUT2D eigenvalue weighted by Crippen LogP contribution is -2.02. The van der Waals surface area contributed by atoms with E-state index in [9.17, 15) is 10.2 Å². The molecule has 3 aromatic rings. The smallest absolute Gasteiger partial charge is 0.148 e. The van der Waals surface area contributed by atoms with Gasteiger partial charge in [0.05, 0.1) is 20.8 Å². The third-order valence-corrected chi connectivity index (χ3v) is 3.35. The highest BCUT2D eigenvalue weighted by atomic mass is 16.5. The summed E-state index contributed by atoms with van der Waals surface area (Å²) < 4.78 is 10.3. The molecule has 7 heteroatoms. The van der Waals surface area contributed by atoms with Gasteiger partial charge in [0.15, 0.2) is 0 Å². The second kappa shape index (κ2) is 5.53. The van der Waals surface area contributed by atoms with Crippen LogP contribution >= 0.6 is 0 Å². The Hall–Kier alpha value is -2.80. The zero-order chi connectivity index (χ0) is 15.7. The average Bonchev–Trinajstić information content (AvgIpc) is 2.97. The van der Waals surface area contributed by atoms with Crippen LogP contribution in [0.5, 0.6) is 17.2 Å². The molecule has 0 aliphatic carbocycles. The SMILES string of the molecule is COc1cc(CO)c(O)c(-n2nc3ccc(OC)cc3n2)c1. The van der Waals surface area contributed by atoms with Crippen molar-refractivity contribution in [1.82, 2.24) is 15.0 Å². The lowest BCUT2D eigenvalue weighted by Gasteiger charge is -2.10. The highest BCUT2D eigenvalue weighted by molar-refractivity contribution is 5.76. The summed E-state index contributed by atoms with van der Waals surface area (Å²) in [6.45, 7) is -0.315.